The summed E-state index contributed by atoms with van der Waals surface area (Å²) in [6, 6.07) is 34.4. The van der Waals surface area contributed by atoms with Crippen molar-refractivity contribution in [2.24, 2.45) is 0 Å². The zero-order valence-corrected chi connectivity index (χ0v) is 27.7. The third-order valence-corrected chi connectivity index (χ3v) is 10.7. The van der Waals surface area contributed by atoms with Gasteiger partial charge in [0.25, 0.3) is 0 Å². The van der Waals surface area contributed by atoms with Crippen LogP contribution in [0.4, 0.5) is 0 Å². The van der Waals surface area contributed by atoms with E-state index >= 15 is 0 Å². The fourth-order valence-corrected chi connectivity index (χ4v) is 8.35. The van der Waals surface area contributed by atoms with Crippen LogP contribution in [0.15, 0.2) is 151 Å². The van der Waals surface area contributed by atoms with Crippen LogP contribution in [-0.4, -0.2) is 25.6 Å². The molecule has 0 spiro atoms. The second-order valence-electron chi connectivity index (χ2n) is 13.7. The molecule has 2 aromatic heterocycles. The lowest BCUT2D eigenvalue weighted by molar-refractivity contribution is 0.265. The molecule has 1 aliphatic heterocycles. The van der Waals surface area contributed by atoms with Crippen molar-refractivity contribution in [3.05, 3.63) is 168 Å². The Morgan fingerprint density at radius 1 is 0.720 bits per heavy atom. The van der Waals surface area contributed by atoms with E-state index in [1.165, 1.54) is 38.5 Å². The van der Waals surface area contributed by atoms with Gasteiger partial charge in [-0.2, -0.15) is 0 Å². The lowest BCUT2D eigenvalue weighted by atomic mass is 9.76. The van der Waals surface area contributed by atoms with Crippen LogP contribution in [0.25, 0.3) is 44.5 Å². The van der Waals surface area contributed by atoms with Crippen LogP contribution in [0.5, 0.6) is 5.75 Å². The SMILES string of the molecule is C1=CC2Oc3cc(-n4c5ccccc5c5ccccc54)ccc3C2C(C2=CCCC(c3nc(C4=CCCC=C4)nc(-c4ccccc4)n3)C2)=C1. The van der Waals surface area contributed by atoms with Crippen molar-refractivity contribution in [1.82, 2.24) is 19.5 Å². The molecule has 4 aromatic carbocycles. The van der Waals surface area contributed by atoms with Gasteiger partial charge in [0.15, 0.2) is 11.6 Å². The topological polar surface area (TPSA) is 52.8 Å². The molecule has 0 saturated heterocycles. The Hall–Kier alpha value is -5.81. The van der Waals surface area contributed by atoms with Crippen LogP contribution in [0.2, 0.25) is 0 Å². The lowest BCUT2D eigenvalue weighted by Crippen LogP contribution is -2.22. The first kappa shape index (κ1) is 29.1. The lowest BCUT2D eigenvalue weighted by Gasteiger charge is -2.29. The first-order valence-electron chi connectivity index (χ1n) is 17.8. The summed E-state index contributed by atoms with van der Waals surface area (Å²) in [5.41, 5.74) is 9.62. The van der Waals surface area contributed by atoms with Gasteiger partial charge in [-0.1, -0.05) is 109 Å². The summed E-state index contributed by atoms with van der Waals surface area (Å²) in [4.78, 5) is 15.2. The van der Waals surface area contributed by atoms with Crippen LogP contribution in [0.3, 0.4) is 0 Å². The van der Waals surface area contributed by atoms with Crippen LogP contribution >= 0.6 is 0 Å². The Kier molecular flexibility index (Phi) is 6.97. The molecule has 0 saturated carbocycles. The van der Waals surface area contributed by atoms with Crippen molar-refractivity contribution < 1.29 is 4.74 Å². The molecule has 0 amide bonds. The highest BCUT2D eigenvalue weighted by Crippen LogP contribution is 2.50. The van der Waals surface area contributed by atoms with Crippen LogP contribution in [-0.2, 0) is 0 Å². The molecular formula is C45H36N4O. The Bertz CT molecular complexity index is 2410. The average Bonchev–Trinajstić information content (AvgIpc) is 3.74. The number of hydrogen-bond acceptors (Lipinski definition) is 4. The fourth-order valence-electron chi connectivity index (χ4n) is 8.35. The van der Waals surface area contributed by atoms with Gasteiger partial charge in [0.05, 0.1) is 17.0 Å². The van der Waals surface area contributed by atoms with Crippen LogP contribution in [0.1, 0.15) is 61.2 Å². The average molecular weight is 649 g/mol. The van der Waals surface area contributed by atoms with Crippen molar-refractivity contribution in [3.8, 4) is 22.8 Å². The second kappa shape index (κ2) is 12.0. The summed E-state index contributed by atoms with van der Waals surface area (Å²) >= 11 is 0. The van der Waals surface area contributed by atoms with E-state index in [1.807, 2.05) is 18.2 Å². The van der Waals surface area contributed by atoms with E-state index < -0.39 is 0 Å². The molecule has 5 nitrogen and oxygen atoms in total. The molecule has 3 atom stereocenters. The molecule has 6 aromatic rings. The Morgan fingerprint density at radius 2 is 1.50 bits per heavy atom. The summed E-state index contributed by atoms with van der Waals surface area (Å²) in [6.45, 7) is 0. The summed E-state index contributed by atoms with van der Waals surface area (Å²) < 4.78 is 9.10. The minimum Gasteiger partial charge on any atom is -0.485 e. The summed E-state index contributed by atoms with van der Waals surface area (Å²) in [7, 11) is 0. The monoisotopic (exact) mass is 648 g/mol. The van der Waals surface area contributed by atoms with Crippen molar-refractivity contribution in [1.29, 1.82) is 0 Å². The van der Waals surface area contributed by atoms with Gasteiger partial charge in [-0.15, -0.1) is 0 Å². The van der Waals surface area contributed by atoms with Gasteiger partial charge in [-0.05, 0) is 67.5 Å². The van der Waals surface area contributed by atoms with E-state index in [-0.39, 0.29) is 17.9 Å². The van der Waals surface area contributed by atoms with Crippen molar-refractivity contribution in [3.63, 3.8) is 0 Å². The standard InChI is InChI=1S/C45H36N4O/c1-3-13-29(14-4-1)43-46-44(30-15-5-2-6-16-30)48-45(47-43)32-18-11-17-31(27-32)34-21-12-24-40-42(34)37-26-25-33(28-41(37)50-40)49-38-22-9-7-19-35(38)36-20-8-10-23-39(36)49/h1,3-5,7-10,12-17,19-26,28,32,40,42H,2,6,11,18,27H2. The highest BCUT2D eigenvalue weighted by Gasteiger charge is 2.39. The molecule has 0 bridgehead atoms. The van der Waals surface area contributed by atoms with Crippen molar-refractivity contribution in [2.45, 2.75) is 50.0 Å². The van der Waals surface area contributed by atoms with Gasteiger partial charge in [-0.3, -0.25) is 0 Å². The number of rotatable bonds is 5. The Morgan fingerprint density at radius 3 is 2.30 bits per heavy atom. The molecule has 3 heterocycles. The Balaban J connectivity index is 0.988. The minimum absolute atomic E-state index is 0.0295. The molecule has 242 valence electrons. The normalized spacial score (nSPS) is 21.0. The smallest absolute Gasteiger partial charge is 0.163 e. The van der Waals surface area contributed by atoms with E-state index in [9.17, 15) is 0 Å². The van der Waals surface area contributed by atoms with E-state index in [1.54, 1.807) is 0 Å². The third-order valence-electron chi connectivity index (χ3n) is 10.7. The quantitative estimate of drug-likeness (QED) is 0.187. The highest BCUT2D eigenvalue weighted by molar-refractivity contribution is 6.09. The summed E-state index contributed by atoms with van der Waals surface area (Å²) in [5.74, 6) is 3.74. The van der Waals surface area contributed by atoms with Gasteiger partial charge in [0.2, 0.25) is 0 Å². The maximum atomic E-state index is 6.74. The molecule has 3 unspecified atom stereocenters. The number of ether oxygens (including phenoxy) is 1. The molecule has 50 heavy (non-hydrogen) atoms. The fraction of sp³-hybridized carbons (Fsp3) is 0.178. The molecule has 0 radical (unpaired) electrons. The predicted octanol–water partition coefficient (Wildman–Crippen LogP) is 10.6. The maximum Gasteiger partial charge on any atom is 0.163 e. The van der Waals surface area contributed by atoms with Crippen molar-refractivity contribution in [2.75, 3.05) is 0 Å². The van der Waals surface area contributed by atoms with Gasteiger partial charge in [-0.25, -0.2) is 15.0 Å². The summed E-state index contributed by atoms with van der Waals surface area (Å²) in [5, 5.41) is 2.52. The predicted molar refractivity (Wildman–Crippen MR) is 201 cm³/mol. The number of benzene rings is 4. The minimum atomic E-state index is -0.0295. The Labute approximate surface area is 291 Å². The molecule has 3 aliphatic carbocycles. The largest absolute Gasteiger partial charge is 0.485 e. The maximum absolute atomic E-state index is 6.74. The van der Waals surface area contributed by atoms with Gasteiger partial charge in [0.1, 0.15) is 17.7 Å². The summed E-state index contributed by atoms with van der Waals surface area (Å²) in [6.07, 6.45) is 20.7. The molecule has 10 rings (SSSR count). The molecular weight excluding hydrogens is 613 g/mol. The van der Waals surface area contributed by atoms with E-state index in [2.05, 4.69) is 126 Å². The van der Waals surface area contributed by atoms with E-state index in [0.717, 1.165) is 72.2 Å². The van der Waals surface area contributed by atoms with Crippen LogP contribution in [0, 0.1) is 0 Å². The molecule has 5 heteroatoms. The highest BCUT2D eigenvalue weighted by atomic mass is 16.5. The first-order chi connectivity index (χ1) is 24.8. The molecule has 0 N–H and O–H groups in total. The second-order valence-corrected chi connectivity index (χ2v) is 13.7. The number of hydrogen-bond donors (Lipinski definition) is 0. The van der Waals surface area contributed by atoms with Gasteiger partial charge in [0, 0.05) is 45.1 Å². The zero-order valence-electron chi connectivity index (χ0n) is 27.7. The van der Waals surface area contributed by atoms with Gasteiger partial charge < -0.3 is 9.30 Å². The van der Waals surface area contributed by atoms with Crippen molar-refractivity contribution >= 4 is 27.4 Å². The molecule has 0 fully saturated rings. The number of aromatic nitrogens is 4. The number of nitrogens with zero attached hydrogens (tertiary/aromatic N) is 4. The van der Waals surface area contributed by atoms with Gasteiger partial charge >= 0.3 is 0 Å². The number of fused-ring (bicyclic) bond motifs is 6. The number of para-hydroxylation sites is 2. The third kappa shape index (κ3) is 4.87. The van der Waals surface area contributed by atoms with E-state index in [4.69, 9.17) is 19.7 Å². The first-order valence-corrected chi connectivity index (χ1v) is 17.8. The number of allylic oxidation sites excluding steroid dienone is 8. The molecule has 4 aliphatic rings. The zero-order chi connectivity index (χ0) is 33.0. The van der Waals surface area contributed by atoms with E-state index in [0.29, 0.717) is 0 Å². The van der Waals surface area contributed by atoms with Crippen LogP contribution < -0.4 is 4.74 Å².